The highest BCUT2D eigenvalue weighted by molar-refractivity contribution is 7.99. The van der Waals surface area contributed by atoms with E-state index in [9.17, 15) is 14.4 Å². The Morgan fingerprint density at radius 3 is 2.83 bits per heavy atom. The minimum absolute atomic E-state index is 0.0873. The zero-order valence-corrected chi connectivity index (χ0v) is 17.4. The van der Waals surface area contributed by atoms with Crippen LogP contribution in [-0.2, 0) is 17.8 Å². The van der Waals surface area contributed by atoms with Crippen molar-refractivity contribution in [1.29, 1.82) is 0 Å². The van der Waals surface area contributed by atoms with Crippen molar-refractivity contribution < 1.29 is 9.59 Å². The summed E-state index contributed by atoms with van der Waals surface area (Å²) in [6.45, 7) is 2.84. The highest BCUT2D eigenvalue weighted by Crippen LogP contribution is 2.35. The highest BCUT2D eigenvalue weighted by atomic mass is 32.2. The Hall–Kier alpha value is -2.61. The Balaban J connectivity index is 1.72. The average molecular weight is 413 g/mol. The molecule has 2 aliphatic rings. The van der Waals surface area contributed by atoms with Gasteiger partial charge in [0.2, 0.25) is 5.91 Å². The Morgan fingerprint density at radius 1 is 1.34 bits per heavy atom. The van der Waals surface area contributed by atoms with Crippen molar-refractivity contribution in [3.05, 3.63) is 57.3 Å². The maximum atomic E-state index is 13.2. The molecule has 1 N–H and O–H groups in total. The van der Waals surface area contributed by atoms with Gasteiger partial charge in [0.25, 0.3) is 11.5 Å². The first-order chi connectivity index (χ1) is 14.0. The number of aryl methyl sites for hydroxylation is 1. The molecule has 2 aromatic rings. The number of fused-ring (bicyclic) bond motifs is 1. The summed E-state index contributed by atoms with van der Waals surface area (Å²) >= 11 is 1.50. The predicted octanol–water partition coefficient (Wildman–Crippen LogP) is 2.39. The molecule has 0 saturated heterocycles. The zero-order valence-electron chi connectivity index (χ0n) is 16.6. The molecule has 3 heterocycles. The van der Waals surface area contributed by atoms with Crippen LogP contribution in [0.15, 0.2) is 29.5 Å². The second-order valence-electron chi connectivity index (χ2n) is 7.59. The molecule has 8 heteroatoms. The minimum Gasteiger partial charge on any atom is -0.337 e. The van der Waals surface area contributed by atoms with E-state index in [1.165, 1.54) is 11.8 Å². The first kappa shape index (κ1) is 19.7. The molecule has 0 unspecified atom stereocenters. The summed E-state index contributed by atoms with van der Waals surface area (Å²) in [4.78, 5) is 44.5. The van der Waals surface area contributed by atoms with E-state index < -0.39 is 5.91 Å². The lowest BCUT2D eigenvalue weighted by atomic mass is 9.95. The zero-order chi connectivity index (χ0) is 20.5. The Labute approximate surface area is 173 Å². The quantitative estimate of drug-likeness (QED) is 0.815. The summed E-state index contributed by atoms with van der Waals surface area (Å²) in [6.07, 6.45) is 9.40. The number of amides is 2. The standard InChI is InChI=1S/C21H24N4O3S/c1-13-5-7-22-9-17(13)23-20(27)19-16-6-8-24(18(26)12-29-2)10-14(16)11-25(21(19)28)15-3-4-15/h5,7,9,11,15H,3-4,6,8,10,12H2,1-2H3,(H,23,27). The fourth-order valence-electron chi connectivity index (χ4n) is 3.74. The third kappa shape index (κ3) is 3.94. The van der Waals surface area contributed by atoms with Gasteiger partial charge in [-0.25, -0.2) is 0 Å². The van der Waals surface area contributed by atoms with Crippen molar-refractivity contribution in [3.8, 4) is 0 Å². The summed E-state index contributed by atoms with van der Waals surface area (Å²) in [6, 6.07) is 1.96. The van der Waals surface area contributed by atoms with E-state index in [1.807, 2.05) is 30.3 Å². The maximum Gasteiger partial charge on any atom is 0.263 e. The lowest BCUT2D eigenvalue weighted by molar-refractivity contribution is -0.129. The van der Waals surface area contributed by atoms with Crippen LogP contribution < -0.4 is 10.9 Å². The minimum atomic E-state index is -0.402. The van der Waals surface area contributed by atoms with E-state index in [2.05, 4.69) is 10.3 Å². The third-order valence-electron chi connectivity index (χ3n) is 5.50. The SMILES string of the molecule is CSCC(=O)N1CCc2c(cn(C3CC3)c(=O)c2C(=O)Nc2cnccc2C)C1. The second kappa shape index (κ2) is 8.02. The molecular weight excluding hydrogens is 388 g/mol. The smallest absolute Gasteiger partial charge is 0.263 e. The normalized spacial score (nSPS) is 15.7. The average Bonchev–Trinajstić information content (AvgIpc) is 3.54. The molecule has 7 nitrogen and oxygen atoms in total. The van der Waals surface area contributed by atoms with Crippen LogP contribution in [0.5, 0.6) is 0 Å². The molecular formula is C21H24N4O3S. The van der Waals surface area contributed by atoms with Gasteiger partial charge in [0.15, 0.2) is 0 Å². The van der Waals surface area contributed by atoms with E-state index in [1.54, 1.807) is 17.0 Å². The van der Waals surface area contributed by atoms with E-state index in [4.69, 9.17) is 0 Å². The molecule has 152 valence electrons. The maximum absolute atomic E-state index is 13.2. The second-order valence-corrected chi connectivity index (χ2v) is 8.46. The number of aromatic nitrogens is 2. The number of nitrogens with zero attached hydrogens (tertiary/aromatic N) is 3. The van der Waals surface area contributed by atoms with Crippen LogP contribution in [0, 0.1) is 6.92 Å². The summed E-state index contributed by atoms with van der Waals surface area (Å²) < 4.78 is 1.69. The van der Waals surface area contributed by atoms with Crippen LogP contribution in [0.25, 0.3) is 0 Å². The third-order valence-corrected chi connectivity index (χ3v) is 6.04. The Kier molecular flexibility index (Phi) is 5.45. The number of anilines is 1. The van der Waals surface area contributed by atoms with Gasteiger partial charge in [-0.2, -0.15) is 11.8 Å². The Bertz CT molecular complexity index is 1030. The predicted molar refractivity (Wildman–Crippen MR) is 113 cm³/mol. The lowest BCUT2D eigenvalue weighted by Gasteiger charge is -2.30. The first-order valence-electron chi connectivity index (χ1n) is 9.75. The van der Waals surface area contributed by atoms with Crippen LogP contribution in [-0.4, -0.2) is 44.8 Å². The van der Waals surface area contributed by atoms with Gasteiger partial charge in [-0.05, 0) is 55.2 Å². The summed E-state index contributed by atoms with van der Waals surface area (Å²) in [7, 11) is 0. The summed E-state index contributed by atoms with van der Waals surface area (Å²) in [5, 5.41) is 2.86. The number of hydrogen-bond donors (Lipinski definition) is 1. The number of pyridine rings is 2. The summed E-state index contributed by atoms with van der Waals surface area (Å²) in [5.74, 6) is 0.121. The molecule has 2 amide bonds. The van der Waals surface area contributed by atoms with Crippen LogP contribution in [0.4, 0.5) is 5.69 Å². The van der Waals surface area contributed by atoms with Crippen LogP contribution in [0.3, 0.4) is 0 Å². The van der Waals surface area contributed by atoms with Gasteiger partial charge in [0, 0.05) is 31.5 Å². The van der Waals surface area contributed by atoms with Crippen molar-refractivity contribution in [2.75, 3.05) is 23.9 Å². The van der Waals surface area contributed by atoms with Gasteiger partial charge < -0.3 is 14.8 Å². The molecule has 0 spiro atoms. The van der Waals surface area contributed by atoms with Crippen molar-refractivity contribution in [1.82, 2.24) is 14.5 Å². The number of carbonyl (C=O) groups excluding carboxylic acids is 2. The molecule has 1 saturated carbocycles. The van der Waals surface area contributed by atoms with Gasteiger partial charge in [-0.1, -0.05) is 0 Å². The van der Waals surface area contributed by atoms with Crippen molar-refractivity contribution >= 4 is 29.3 Å². The topological polar surface area (TPSA) is 84.3 Å². The molecule has 1 fully saturated rings. The van der Waals surface area contributed by atoms with Gasteiger partial charge in [-0.3, -0.25) is 19.4 Å². The molecule has 4 rings (SSSR count). The number of rotatable bonds is 5. The largest absolute Gasteiger partial charge is 0.337 e. The monoisotopic (exact) mass is 412 g/mol. The van der Waals surface area contributed by atoms with Crippen LogP contribution in [0.1, 0.15) is 45.9 Å². The fourth-order valence-corrected chi connectivity index (χ4v) is 4.17. The molecule has 0 radical (unpaired) electrons. The van der Waals surface area contributed by atoms with E-state index in [0.717, 1.165) is 29.5 Å². The molecule has 0 atom stereocenters. The molecule has 1 aliphatic carbocycles. The number of carbonyl (C=O) groups is 2. The molecule has 0 bridgehead atoms. The van der Waals surface area contributed by atoms with Crippen LogP contribution in [0.2, 0.25) is 0 Å². The molecule has 0 aromatic carbocycles. The van der Waals surface area contributed by atoms with Gasteiger partial charge in [-0.15, -0.1) is 0 Å². The van der Waals surface area contributed by atoms with Crippen molar-refractivity contribution in [2.45, 2.75) is 38.8 Å². The van der Waals surface area contributed by atoms with E-state index >= 15 is 0 Å². The molecule has 2 aromatic heterocycles. The van der Waals surface area contributed by atoms with E-state index in [0.29, 0.717) is 31.0 Å². The fraction of sp³-hybridized carbons (Fsp3) is 0.429. The van der Waals surface area contributed by atoms with Crippen molar-refractivity contribution in [3.63, 3.8) is 0 Å². The van der Waals surface area contributed by atoms with Gasteiger partial charge in [0.05, 0.1) is 17.6 Å². The van der Waals surface area contributed by atoms with Gasteiger partial charge >= 0.3 is 0 Å². The van der Waals surface area contributed by atoms with Crippen molar-refractivity contribution in [2.24, 2.45) is 0 Å². The van der Waals surface area contributed by atoms with E-state index in [-0.39, 0.29) is 23.1 Å². The lowest BCUT2D eigenvalue weighted by Crippen LogP contribution is -2.41. The highest BCUT2D eigenvalue weighted by Gasteiger charge is 2.32. The van der Waals surface area contributed by atoms with Gasteiger partial charge in [0.1, 0.15) is 5.56 Å². The van der Waals surface area contributed by atoms with Crippen LogP contribution >= 0.6 is 11.8 Å². The molecule has 29 heavy (non-hydrogen) atoms. The number of nitrogens with one attached hydrogen (secondary N) is 1. The number of thioether (sulfide) groups is 1. The summed E-state index contributed by atoms with van der Waals surface area (Å²) in [5.41, 5.74) is 3.10. The first-order valence-corrected chi connectivity index (χ1v) is 11.1. The number of hydrogen-bond acceptors (Lipinski definition) is 5. The molecule has 1 aliphatic heterocycles. The Morgan fingerprint density at radius 2 is 2.14 bits per heavy atom.